The molecular weight excluding hydrogens is 479 g/mol. The highest BCUT2D eigenvalue weighted by Crippen LogP contribution is 2.29. The molecule has 1 N–H and O–H groups in total. The van der Waals surface area contributed by atoms with Gasteiger partial charge in [-0.3, -0.25) is 4.79 Å². The first-order chi connectivity index (χ1) is 16.0. The lowest BCUT2D eigenvalue weighted by Crippen LogP contribution is -2.19. The van der Waals surface area contributed by atoms with Gasteiger partial charge in [-0.15, -0.1) is 11.8 Å². The number of halogens is 2. The quantitative estimate of drug-likeness (QED) is 0.245. The van der Waals surface area contributed by atoms with Crippen LogP contribution in [-0.2, 0) is 17.2 Å². The molecule has 0 atom stereocenters. The summed E-state index contributed by atoms with van der Waals surface area (Å²) in [6.07, 6.45) is 1.57. The van der Waals surface area contributed by atoms with Gasteiger partial charge in [0.05, 0.1) is 18.6 Å². The Morgan fingerprint density at radius 1 is 0.970 bits per heavy atom. The molecule has 3 aromatic carbocycles. The average Bonchev–Trinajstić information content (AvgIpc) is 2.80. The second-order valence-electron chi connectivity index (χ2n) is 6.97. The lowest BCUT2D eigenvalue weighted by atomic mass is 10.2. The predicted octanol–water partition coefficient (Wildman–Crippen LogP) is 6.35. The number of hydrogen-bond acceptors (Lipinski definition) is 5. The highest BCUT2D eigenvalue weighted by Gasteiger charge is 2.07. The fourth-order valence-electron chi connectivity index (χ4n) is 2.83. The molecule has 0 saturated carbocycles. The molecule has 5 nitrogen and oxygen atoms in total. The third-order valence-electron chi connectivity index (χ3n) is 4.37. The Kier molecular flexibility index (Phi) is 9.94. The second-order valence-corrected chi connectivity index (χ2v) is 8.83. The van der Waals surface area contributed by atoms with Crippen molar-refractivity contribution in [2.24, 2.45) is 5.10 Å². The smallest absolute Gasteiger partial charge is 0.250 e. The zero-order chi connectivity index (χ0) is 23.5. The zero-order valence-corrected chi connectivity index (χ0v) is 20.4. The average molecular weight is 503 g/mol. The lowest BCUT2D eigenvalue weighted by molar-refractivity contribution is -0.118. The molecule has 0 aliphatic carbocycles. The van der Waals surface area contributed by atoms with E-state index in [1.807, 2.05) is 73.7 Å². The summed E-state index contributed by atoms with van der Waals surface area (Å²) in [5, 5.41) is 5.42. The van der Waals surface area contributed by atoms with Gasteiger partial charge in [0.2, 0.25) is 5.91 Å². The molecule has 33 heavy (non-hydrogen) atoms. The van der Waals surface area contributed by atoms with Gasteiger partial charge >= 0.3 is 0 Å². The van der Waals surface area contributed by atoms with Crippen molar-refractivity contribution in [3.63, 3.8) is 0 Å². The van der Waals surface area contributed by atoms with Crippen molar-refractivity contribution in [2.45, 2.75) is 19.3 Å². The van der Waals surface area contributed by atoms with Crippen molar-refractivity contribution in [3.05, 3.63) is 93.5 Å². The Morgan fingerprint density at radius 2 is 1.79 bits per heavy atom. The first-order valence-corrected chi connectivity index (χ1v) is 12.2. The van der Waals surface area contributed by atoms with Gasteiger partial charge in [-0.25, -0.2) is 5.43 Å². The van der Waals surface area contributed by atoms with Gasteiger partial charge in [-0.1, -0.05) is 47.5 Å². The predicted molar refractivity (Wildman–Crippen MR) is 137 cm³/mol. The fourth-order valence-corrected chi connectivity index (χ4v) is 3.94. The number of nitrogens with one attached hydrogen (secondary N) is 1. The van der Waals surface area contributed by atoms with Crippen LogP contribution in [0.25, 0.3) is 0 Å². The van der Waals surface area contributed by atoms with Crippen molar-refractivity contribution >= 4 is 47.1 Å². The maximum Gasteiger partial charge on any atom is 0.250 e. The number of nitrogens with zero attached hydrogens (tertiary/aromatic N) is 1. The van der Waals surface area contributed by atoms with Crippen LogP contribution in [0.3, 0.4) is 0 Å². The summed E-state index contributed by atoms with van der Waals surface area (Å²) in [4.78, 5) is 12.0. The van der Waals surface area contributed by atoms with Crippen LogP contribution in [0.2, 0.25) is 10.0 Å². The minimum Gasteiger partial charge on any atom is -0.490 e. The molecule has 3 rings (SSSR count). The number of hydrazone groups is 1. The summed E-state index contributed by atoms with van der Waals surface area (Å²) in [6.45, 7) is 2.80. The van der Waals surface area contributed by atoms with Gasteiger partial charge in [-0.2, -0.15) is 5.10 Å². The molecular formula is C25H24Cl2N2O3S. The number of carbonyl (C=O) groups excluding carboxylic acids is 1. The molecule has 0 heterocycles. The molecule has 0 saturated heterocycles. The van der Waals surface area contributed by atoms with Gasteiger partial charge in [0.15, 0.2) is 11.5 Å². The molecule has 0 aliphatic rings. The first kappa shape index (κ1) is 25.0. The molecule has 172 valence electrons. The van der Waals surface area contributed by atoms with Gasteiger partial charge in [0.25, 0.3) is 0 Å². The summed E-state index contributed by atoms with van der Waals surface area (Å²) in [7, 11) is 0. The normalized spacial score (nSPS) is 10.9. The second kappa shape index (κ2) is 13.1. The summed E-state index contributed by atoms with van der Waals surface area (Å²) in [5.41, 5.74) is 5.41. The van der Waals surface area contributed by atoms with Crippen molar-refractivity contribution in [3.8, 4) is 11.5 Å². The third-order valence-corrected chi connectivity index (χ3v) is 5.86. The van der Waals surface area contributed by atoms with Gasteiger partial charge in [-0.05, 0) is 66.1 Å². The minimum atomic E-state index is -0.175. The van der Waals surface area contributed by atoms with E-state index in [4.69, 9.17) is 32.7 Å². The molecule has 8 heteroatoms. The molecule has 0 unspecified atom stereocenters. The van der Waals surface area contributed by atoms with Crippen LogP contribution < -0.4 is 14.9 Å². The number of thioether (sulfide) groups is 1. The SMILES string of the molecule is CCOc1cc(C=NNC(=O)CSCc2cccc(Cl)c2)ccc1OCc1ccc(Cl)cc1. The Labute approximate surface area is 208 Å². The molecule has 0 aromatic heterocycles. The zero-order valence-electron chi connectivity index (χ0n) is 18.1. The molecule has 0 radical (unpaired) electrons. The number of ether oxygens (including phenoxy) is 2. The number of hydrogen-bond donors (Lipinski definition) is 1. The lowest BCUT2D eigenvalue weighted by Gasteiger charge is -2.12. The standard InChI is InChI=1S/C25H24Cl2N2O3S/c1-2-31-24-13-19(8-11-23(24)32-15-18-6-9-21(26)10-7-18)14-28-29-25(30)17-33-16-20-4-3-5-22(27)12-20/h3-14H,2,15-17H2,1H3,(H,29,30). The number of rotatable bonds is 11. The van der Waals surface area contributed by atoms with Crippen LogP contribution in [0.4, 0.5) is 0 Å². The first-order valence-electron chi connectivity index (χ1n) is 10.3. The Balaban J connectivity index is 1.50. The van der Waals surface area contributed by atoms with E-state index in [0.717, 1.165) is 16.7 Å². The highest BCUT2D eigenvalue weighted by molar-refractivity contribution is 7.99. The topological polar surface area (TPSA) is 59.9 Å². The molecule has 0 spiro atoms. The Hall–Kier alpha value is -2.67. The summed E-state index contributed by atoms with van der Waals surface area (Å²) in [5.74, 6) is 2.06. The number of carbonyl (C=O) groups is 1. The van der Waals surface area contributed by atoms with Crippen LogP contribution in [-0.4, -0.2) is 24.5 Å². The van der Waals surface area contributed by atoms with Gasteiger partial charge in [0, 0.05) is 15.8 Å². The third kappa shape index (κ3) is 8.65. The Bertz CT molecular complexity index is 1090. The van der Waals surface area contributed by atoms with E-state index in [-0.39, 0.29) is 5.91 Å². The largest absolute Gasteiger partial charge is 0.490 e. The molecule has 1 amide bonds. The van der Waals surface area contributed by atoms with E-state index in [1.165, 1.54) is 11.8 Å². The highest BCUT2D eigenvalue weighted by atomic mass is 35.5. The Morgan fingerprint density at radius 3 is 2.55 bits per heavy atom. The number of amides is 1. The van der Waals surface area contributed by atoms with Crippen LogP contribution in [0.15, 0.2) is 71.8 Å². The molecule has 0 fully saturated rings. The maximum atomic E-state index is 12.0. The van der Waals surface area contributed by atoms with Gasteiger partial charge in [0.1, 0.15) is 6.61 Å². The summed E-state index contributed by atoms with van der Waals surface area (Å²) in [6, 6.07) is 20.6. The molecule has 0 bridgehead atoms. The van der Waals surface area contributed by atoms with E-state index in [1.54, 1.807) is 6.21 Å². The van der Waals surface area contributed by atoms with E-state index >= 15 is 0 Å². The fraction of sp³-hybridized carbons (Fsp3) is 0.200. The van der Waals surface area contributed by atoms with Crippen LogP contribution >= 0.6 is 35.0 Å². The van der Waals surface area contributed by atoms with Crippen molar-refractivity contribution in [1.29, 1.82) is 0 Å². The van der Waals surface area contributed by atoms with Crippen molar-refractivity contribution in [1.82, 2.24) is 5.43 Å². The molecule has 0 aliphatic heterocycles. The minimum absolute atomic E-state index is 0.175. The summed E-state index contributed by atoms with van der Waals surface area (Å²) >= 11 is 13.4. The van der Waals surface area contributed by atoms with Crippen LogP contribution in [0, 0.1) is 0 Å². The van der Waals surface area contributed by atoms with E-state index in [9.17, 15) is 4.79 Å². The van der Waals surface area contributed by atoms with Crippen LogP contribution in [0.1, 0.15) is 23.6 Å². The van der Waals surface area contributed by atoms with E-state index in [2.05, 4.69) is 10.5 Å². The van der Waals surface area contributed by atoms with E-state index < -0.39 is 0 Å². The monoisotopic (exact) mass is 502 g/mol. The van der Waals surface area contributed by atoms with Crippen molar-refractivity contribution < 1.29 is 14.3 Å². The van der Waals surface area contributed by atoms with E-state index in [0.29, 0.717) is 46.3 Å². The van der Waals surface area contributed by atoms with Crippen molar-refractivity contribution in [2.75, 3.05) is 12.4 Å². The summed E-state index contributed by atoms with van der Waals surface area (Å²) < 4.78 is 11.6. The maximum absolute atomic E-state index is 12.0. The number of benzene rings is 3. The molecule has 3 aromatic rings. The van der Waals surface area contributed by atoms with Crippen LogP contribution in [0.5, 0.6) is 11.5 Å². The van der Waals surface area contributed by atoms with Gasteiger partial charge < -0.3 is 9.47 Å².